The van der Waals surface area contributed by atoms with Gasteiger partial charge >= 0.3 is 13.2 Å². The Morgan fingerprint density at radius 2 is 1.75 bits per heavy atom. The van der Waals surface area contributed by atoms with E-state index in [1.165, 1.54) is 0 Å². The van der Waals surface area contributed by atoms with Crippen molar-refractivity contribution in [3.8, 4) is 0 Å². The Morgan fingerprint density at radius 1 is 1.17 bits per heavy atom. The van der Waals surface area contributed by atoms with Gasteiger partial charge in [0, 0.05) is 37.0 Å². The molecule has 3 rings (SSSR count). The van der Waals surface area contributed by atoms with Gasteiger partial charge in [0.2, 0.25) is 11.9 Å². The third kappa shape index (κ3) is 6.67. The van der Waals surface area contributed by atoms with Gasteiger partial charge in [0.05, 0.1) is 11.2 Å². The molecule has 2 N–H and O–H groups in total. The van der Waals surface area contributed by atoms with Crippen molar-refractivity contribution in [1.29, 1.82) is 0 Å². The summed E-state index contributed by atoms with van der Waals surface area (Å²) in [4.78, 5) is 36.4. The van der Waals surface area contributed by atoms with E-state index in [-0.39, 0.29) is 17.9 Å². The number of amides is 2. The smallest absolute Gasteiger partial charge is 0.444 e. The molecule has 1 aromatic rings. The van der Waals surface area contributed by atoms with E-state index in [1.807, 2.05) is 46.4 Å². The van der Waals surface area contributed by atoms with Gasteiger partial charge in [0.1, 0.15) is 11.6 Å². The molecular formula is C25H42BN5O5. The molecule has 0 spiro atoms. The number of carbonyl (C=O) groups excluding carboxylic acids is 2. The number of ether oxygens (including phenoxy) is 1. The van der Waals surface area contributed by atoms with Crippen LogP contribution in [0.3, 0.4) is 0 Å². The molecular weight excluding hydrogens is 461 g/mol. The SMILES string of the molecule is CC(C)[C@@H](NC(=O)OC(C)(C)C)C(=O)N1CCC[C@H]1CNc1ncc(B2OC(C)(C)C(C)(C)O2)cn1. The van der Waals surface area contributed by atoms with E-state index in [0.29, 0.717) is 19.0 Å². The molecule has 2 fully saturated rings. The van der Waals surface area contributed by atoms with Crippen LogP contribution in [0.4, 0.5) is 10.7 Å². The van der Waals surface area contributed by atoms with Crippen molar-refractivity contribution in [2.45, 2.75) is 104 Å². The van der Waals surface area contributed by atoms with Gasteiger partial charge in [-0.25, -0.2) is 14.8 Å². The zero-order chi connectivity index (χ0) is 26.9. The summed E-state index contributed by atoms with van der Waals surface area (Å²) in [5, 5.41) is 6.02. The number of likely N-dealkylation sites (tertiary alicyclic amines) is 1. The van der Waals surface area contributed by atoms with E-state index < -0.39 is 36.1 Å². The van der Waals surface area contributed by atoms with E-state index in [0.717, 1.165) is 18.3 Å². The highest BCUT2D eigenvalue weighted by Crippen LogP contribution is 2.36. The molecule has 3 heterocycles. The normalized spacial score (nSPS) is 22.0. The third-order valence-corrected chi connectivity index (χ3v) is 6.96. The van der Waals surface area contributed by atoms with Crippen LogP contribution < -0.4 is 16.1 Å². The van der Waals surface area contributed by atoms with Crippen LogP contribution in [0.25, 0.3) is 0 Å². The quantitative estimate of drug-likeness (QED) is 0.546. The average Bonchev–Trinajstić information content (AvgIpc) is 3.30. The molecule has 200 valence electrons. The lowest BCUT2D eigenvalue weighted by molar-refractivity contribution is -0.135. The van der Waals surface area contributed by atoms with Crippen LogP contribution in [0.1, 0.15) is 75.2 Å². The summed E-state index contributed by atoms with van der Waals surface area (Å²) in [6.45, 7) is 18.4. The van der Waals surface area contributed by atoms with Gasteiger partial charge in [0.15, 0.2) is 0 Å². The molecule has 2 atom stereocenters. The van der Waals surface area contributed by atoms with Crippen LogP contribution in [0.15, 0.2) is 12.4 Å². The fourth-order valence-corrected chi connectivity index (χ4v) is 4.20. The van der Waals surface area contributed by atoms with Crippen LogP contribution >= 0.6 is 0 Å². The highest BCUT2D eigenvalue weighted by Gasteiger charge is 2.52. The highest BCUT2D eigenvalue weighted by atomic mass is 16.7. The second-order valence-corrected chi connectivity index (χ2v) is 12.0. The summed E-state index contributed by atoms with van der Waals surface area (Å²) < 4.78 is 17.5. The van der Waals surface area contributed by atoms with Crippen molar-refractivity contribution in [2.24, 2.45) is 5.92 Å². The number of aromatic nitrogens is 2. The van der Waals surface area contributed by atoms with E-state index in [9.17, 15) is 9.59 Å². The van der Waals surface area contributed by atoms with Crippen LogP contribution in [-0.4, -0.2) is 76.0 Å². The summed E-state index contributed by atoms with van der Waals surface area (Å²) in [5.41, 5.74) is -0.740. The first kappa shape index (κ1) is 28.2. The Bertz CT molecular complexity index is 916. The molecule has 11 heteroatoms. The molecule has 2 saturated heterocycles. The first-order valence-corrected chi connectivity index (χ1v) is 12.8. The molecule has 0 saturated carbocycles. The zero-order valence-electron chi connectivity index (χ0n) is 23.2. The van der Waals surface area contributed by atoms with E-state index in [4.69, 9.17) is 14.0 Å². The summed E-state index contributed by atoms with van der Waals surface area (Å²) in [6.07, 6.45) is 4.58. The summed E-state index contributed by atoms with van der Waals surface area (Å²) in [7, 11) is -0.516. The minimum atomic E-state index is -0.657. The maximum absolute atomic E-state index is 13.4. The number of hydrogen-bond acceptors (Lipinski definition) is 8. The second kappa shape index (κ2) is 10.5. The maximum atomic E-state index is 13.4. The average molecular weight is 503 g/mol. The number of alkyl carbamates (subject to hydrolysis) is 1. The molecule has 0 unspecified atom stereocenters. The molecule has 1 aromatic heterocycles. The topological polar surface area (TPSA) is 115 Å². The van der Waals surface area contributed by atoms with E-state index in [2.05, 4.69) is 20.6 Å². The molecule has 0 aliphatic carbocycles. The number of rotatable bonds is 7. The predicted octanol–water partition coefficient (Wildman–Crippen LogP) is 2.73. The molecule has 0 aromatic carbocycles. The van der Waals surface area contributed by atoms with Gasteiger partial charge in [0.25, 0.3) is 0 Å². The standard InChI is InChI=1S/C25H42BN5O5/c1-16(2)19(30-22(33)34-23(3,4)5)20(32)31-12-10-11-18(31)15-29-21-27-13-17(14-28-21)26-35-24(6,7)25(8,9)36-26/h13-14,16,18-19H,10-12,15H2,1-9H3,(H,30,33)(H,27,28,29)/t18-,19+/m0/s1. The van der Waals surface area contributed by atoms with E-state index in [1.54, 1.807) is 33.2 Å². The van der Waals surface area contributed by atoms with Crippen molar-refractivity contribution in [2.75, 3.05) is 18.4 Å². The summed E-state index contributed by atoms with van der Waals surface area (Å²) in [6, 6.07) is -0.679. The minimum absolute atomic E-state index is 0.0226. The lowest BCUT2D eigenvalue weighted by Gasteiger charge is -2.32. The van der Waals surface area contributed by atoms with Crippen LogP contribution in [0.2, 0.25) is 0 Å². The van der Waals surface area contributed by atoms with Crippen LogP contribution in [0.5, 0.6) is 0 Å². The number of hydrogen-bond donors (Lipinski definition) is 2. The lowest BCUT2D eigenvalue weighted by atomic mass is 9.81. The summed E-state index contributed by atoms with van der Waals surface area (Å²) in [5.74, 6) is 0.295. The maximum Gasteiger partial charge on any atom is 0.498 e. The van der Waals surface area contributed by atoms with Crippen molar-refractivity contribution in [3.63, 3.8) is 0 Å². The zero-order valence-corrected chi connectivity index (χ0v) is 23.2. The Kier molecular flexibility index (Phi) is 8.25. The number of carbonyl (C=O) groups is 2. The first-order chi connectivity index (χ1) is 16.6. The number of anilines is 1. The van der Waals surface area contributed by atoms with Crippen LogP contribution in [-0.2, 0) is 18.8 Å². The molecule has 2 amide bonds. The molecule has 2 aliphatic rings. The van der Waals surface area contributed by atoms with Gasteiger partial charge in [-0.1, -0.05) is 13.8 Å². The van der Waals surface area contributed by atoms with E-state index >= 15 is 0 Å². The first-order valence-electron chi connectivity index (χ1n) is 12.8. The molecule has 2 aliphatic heterocycles. The Morgan fingerprint density at radius 3 is 2.28 bits per heavy atom. The highest BCUT2D eigenvalue weighted by molar-refractivity contribution is 6.61. The van der Waals surface area contributed by atoms with Gasteiger partial charge in [-0.15, -0.1) is 0 Å². The largest absolute Gasteiger partial charge is 0.498 e. The van der Waals surface area contributed by atoms with Crippen LogP contribution in [0, 0.1) is 5.92 Å². The molecule has 10 nitrogen and oxygen atoms in total. The number of nitrogens with zero attached hydrogens (tertiary/aromatic N) is 3. The Labute approximate surface area is 215 Å². The van der Waals surface area contributed by atoms with Crippen molar-refractivity contribution in [3.05, 3.63) is 12.4 Å². The molecule has 0 bridgehead atoms. The number of nitrogens with one attached hydrogen (secondary N) is 2. The summed E-state index contributed by atoms with van der Waals surface area (Å²) >= 11 is 0. The van der Waals surface area contributed by atoms with Crippen molar-refractivity contribution in [1.82, 2.24) is 20.2 Å². The van der Waals surface area contributed by atoms with Gasteiger partial charge < -0.3 is 29.6 Å². The fourth-order valence-electron chi connectivity index (χ4n) is 4.20. The van der Waals surface area contributed by atoms with Gasteiger partial charge in [-0.05, 0) is 67.2 Å². The molecule has 36 heavy (non-hydrogen) atoms. The lowest BCUT2D eigenvalue weighted by Crippen LogP contribution is -2.54. The fraction of sp³-hybridized carbons (Fsp3) is 0.760. The van der Waals surface area contributed by atoms with Gasteiger partial charge in [-0.2, -0.15) is 0 Å². The van der Waals surface area contributed by atoms with Gasteiger partial charge in [-0.3, -0.25) is 4.79 Å². The van der Waals surface area contributed by atoms with Crippen molar-refractivity contribution >= 4 is 30.5 Å². The predicted molar refractivity (Wildman–Crippen MR) is 139 cm³/mol. The Balaban J connectivity index is 1.58. The Hall–Kier alpha value is -2.40. The minimum Gasteiger partial charge on any atom is -0.444 e. The molecule has 0 radical (unpaired) electrons. The van der Waals surface area contributed by atoms with Crippen molar-refractivity contribution < 1.29 is 23.6 Å². The second-order valence-electron chi connectivity index (χ2n) is 12.0. The monoisotopic (exact) mass is 503 g/mol. The third-order valence-electron chi connectivity index (χ3n) is 6.96.